The maximum absolute atomic E-state index is 12.2. The molecule has 0 aliphatic carbocycles. The fourth-order valence-corrected chi connectivity index (χ4v) is 2.60. The van der Waals surface area contributed by atoms with E-state index in [9.17, 15) is 4.79 Å². The Morgan fingerprint density at radius 1 is 0.917 bits per heavy atom. The Balaban J connectivity index is 1.63. The molecule has 4 heteroatoms. The van der Waals surface area contributed by atoms with Gasteiger partial charge >= 0.3 is 0 Å². The van der Waals surface area contributed by atoms with E-state index in [1.165, 1.54) is 0 Å². The second-order valence-electron chi connectivity index (χ2n) is 5.87. The lowest BCUT2D eigenvalue weighted by atomic mass is 10.1. The van der Waals surface area contributed by atoms with E-state index in [2.05, 4.69) is 28.8 Å². The number of carbonyl (C=O) groups is 1. The molecule has 4 nitrogen and oxygen atoms in total. The minimum absolute atomic E-state index is 0.0689. The molecule has 0 aliphatic rings. The number of amides is 1. The molecule has 0 saturated carbocycles. The highest BCUT2D eigenvalue weighted by Gasteiger charge is 2.05. The van der Waals surface area contributed by atoms with E-state index in [1.807, 2.05) is 67.5 Å². The van der Waals surface area contributed by atoms with Crippen molar-refractivity contribution in [1.82, 2.24) is 0 Å². The first kappa shape index (κ1) is 15.9. The highest BCUT2D eigenvalue weighted by molar-refractivity contribution is 5.98. The van der Waals surface area contributed by atoms with Crippen molar-refractivity contribution in [2.45, 2.75) is 0 Å². The molecule has 0 atom stereocenters. The van der Waals surface area contributed by atoms with Crippen LogP contribution in [0.4, 0.5) is 17.1 Å². The molecule has 3 rings (SSSR count). The molecule has 0 bridgehead atoms. The monoisotopic (exact) mass is 319 g/mol. The normalized spacial score (nSPS) is 10.4. The highest BCUT2D eigenvalue weighted by atomic mass is 16.1. The van der Waals surface area contributed by atoms with Crippen molar-refractivity contribution < 1.29 is 4.79 Å². The molecule has 3 aromatic carbocycles. The summed E-state index contributed by atoms with van der Waals surface area (Å²) in [5, 5.41) is 8.39. The quantitative estimate of drug-likeness (QED) is 0.748. The van der Waals surface area contributed by atoms with Gasteiger partial charge in [0.1, 0.15) is 0 Å². The first-order valence-corrected chi connectivity index (χ1v) is 7.92. The zero-order chi connectivity index (χ0) is 16.9. The molecule has 0 saturated heterocycles. The maximum atomic E-state index is 12.2. The van der Waals surface area contributed by atoms with Crippen molar-refractivity contribution in [1.29, 1.82) is 0 Å². The molecule has 0 radical (unpaired) electrons. The Morgan fingerprint density at radius 2 is 1.62 bits per heavy atom. The fraction of sp³-hybridized carbons (Fsp3) is 0.150. The van der Waals surface area contributed by atoms with Gasteiger partial charge in [0.25, 0.3) is 0 Å². The minimum Gasteiger partial charge on any atom is -0.378 e. The van der Waals surface area contributed by atoms with Crippen molar-refractivity contribution in [3.63, 3.8) is 0 Å². The topological polar surface area (TPSA) is 44.4 Å². The molecule has 2 N–H and O–H groups in total. The molecule has 3 aromatic rings. The van der Waals surface area contributed by atoms with Gasteiger partial charge in [0.2, 0.25) is 5.91 Å². The number of fused-ring (bicyclic) bond motifs is 1. The Hall–Kier alpha value is -3.01. The van der Waals surface area contributed by atoms with Crippen LogP contribution < -0.4 is 15.5 Å². The third-order valence-electron chi connectivity index (χ3n) is 3.90. The number of carbonyl (C=O) groups excluding carboxylic acids is 1. The van der Waals surface area contributed by atoms with Gasteiger partial charge in [-0.1, -0.05) is 36.4 Å². The molecular formula is C20H21N3O. The Bertz CT molecular complexity index is 836. The lowest BCUT2D eigenvalue weighted by Gasteiger charge is -2.13. The second-order valence-corrected chi connectivity index (χ2v) is 5.87. The Kier molecular flexibility index (Phi) is 4.66. The predicted octanol–water partition coefficient (Wildman–Crippen LogP) is 3.96. The zero-order valence-electron chi connectivity index (χ0n) is 13.9. The summed E-state index contributed by atoms with van der Waals surface area (Å²) in [6.45, 7) is 0.226. The van der Waals surface area contributed by atoms with E-state index >= 15 is 0 Å². The summed E-state index contributed by atoms with van der Waals surface area (Å²) >= 11 is 0. The molecule has 0 heterocycles. The molecule has 122 valence electrons. The van der Waals surface area contributed by atoms with Crippen molar-refractivity contribution in [2.75, 3.05) is 36.2 Å². The van der Waals surface area contributed by atoms with Crippen LogP contribution >= 0.6 is 0 Å². The molecular weight excluding hydrogens is 298 g/mol. The summed E-state index contributed by atoms with van der Waals surface area (Å²) in [5.41, 5.74) is 2.86. The van der Waals surface area contributed by atoms with Crippen LogP contribution in [0.15, 0.2) is 66.7 Å². The number of benzene rings is 3. The van der Waals surface area contributed by atoms with Gasteiger partial charge in [0, 0.05) is 36.5 Å². The van der Waals surface area contributed by atoms with Crippen LogP contribution in [0.1, 0.15) is 0 Å². The molecule has 1 amide bonds. The Morgan fingerprint density at radius 3 is 2.38 bits per heavy atom. The smallest absolute Gasteiger partial charge is 0.243 e. The zero-order valence-corrected chi connectivity index (χ0v) is 13.9. The number of hydrogen-bond acceptors (Lipinski definition) is 3. The highest BCUT2D eigenvalue weighted by Crippen LogP contribution is 2.22. The lowest BCUT2D eigenvalue weighted by Crippen LogP contribution is -2.21. The molecule has 0 aliphatic heterocycles. The van der Waals surface area contributed by atoms with Crippen LogP contribution in [0.5, 0.6) is 0 Å². The van der Waals surface area contributed by atoms with Gasteiger partial charge in [-0.15, -0.1) is 0 Å². The van der Waals surface area contributed by atoms with E-state index < -0.39 is 0 Å². The summed E-state index contributed by atoms with van der Waals surface area (Å²) < 4.78 is 0. The molecule has 24 heavy (non-hydrogen) atoms. The summed E-state index contributed by atoms with van der Waals surface area (Å²) in [7, 11) is 3.98. The van der Waals surface area contributed by atoms with Crippen LogP contribution in [-0.2, 0) is 4.79 Å². The summed E-state index contributed by atoms with van der Waals surface area (Å²) in [4.78, 5) is 14.2. The van der Waals surface area contributed by atoms with Crippen LogP contribution in [0.3, 0.4) is 0 Å². The third kappa shape index (κ3) is 3.66. The first-order valence-electron chi connectivity index (χ1n) is 7.92. The summed E-state index contributed by atoms with van der Waals surface area (Å²) in [5.74, 6) is -0.0689. The SMILES string of the molecule is CN(C)c1ccc(NC(=O)CNc2cccc3ccccc23)cc1. The van der Waals surface area contributed by atoms with Gasteiger partial charge in [0.05, 0.1) is 6.54 Å². The molecule has 0 fully saturated rings. The largest absolute Gasteiger partial charge is 0.378 e. The van der Waals surface area contributed by atoms with Crippen molar-refractivity contribution >= 4 is 33.7 Å². The lowest BCUT2D eigenvalue weighted by molar-refractivity contribution is -0.114. The van der Waals surface area contributed by atoms with E-state index in [-0.39, 0.29) is 12.5 Å². The van der Waals surface area contributed by atoms with E-state index in [0.717, 1.165) is 27.8 Å². The maximum Gasteiger partial charge on any atom is 0.243 e. The second kappa shape index (κ2) is 7.04. The number of nitrogens with one attached hydrogen (secondary N) is 2. The van der Waals surface area contributed by atoms with Gasteiger partial charge in [-0.3, -0.25) is 4.79 Å². The van der Waals surface area contributed by atoms with Crippen molar-refractivity contribution in [3.8, 4) is 0 Å². The first-order chi connectivity index (χ1) is 11.6. The van der Waals surface area contributed by atoms with Crippen LogP contribution in [0.2, 0.25) is 0 Å². The van der Waals surface area contributed by atoms with Crippen molar-refractivity contribution in [3.05, 3.63) is 66.7 Å². The van der Waals surface area contributed by atoms with Crippen LogP contribution in [-0.4, -0.2) is 26.5 Å². The average molecular weight is 319 g/mol. The van der Waals surface area contributed by atoms with Gasteiger partial charge in [-0.25, -0.2) is 0 Å². The standard InChI is InChI=1S/C20H21N3O/c1-23(2)17-12-10-16(11-13-17)22-20(24)14-21-19-9-5-7-15-6-3-4-8-18(15)19/h3-13,21H,14H2,1-2H3,(H,22,24). The molecule has 0 spiro atoms. The van der Waals surface area contributed by atoms with E-state index in [4.69, 9.17) is 0 Å². The van der Waals surface area contributed by atoms with Gasteiger partial charge in [0.15, 0.2) is 0 Å². The van der Waals surface area contributed by atoms with Gasteiger partial charge in [-0.05, 0) is 35.7 Å². The van der Waals surface area contributed by atoms with E-state index in [0.29, 0.717) is 0 Å². The molecule has 0 unspecified atom stereocenters. The predicted molar refractivity (Wildman–Crippen MR) is 102 cm³/mol. The third-order valence-corrected chi connectivity index (χ3v) is 3.90. The van der Waals surface area contributed by atoms with Crippen LogP contribution in [0, 0.1) is 0 Å². The van der Waals surface area contributed by atoms with E-state index in [1.54, 1.807) is 0 Å². The minimum atomic E-state index is -0.0689. The van der Waals surface area contributed by atoms with Crippen molar-refractivity contribution in [2.24, 2.45) is 0 Å². The summed E-state index contributed by atoms with van der Waals surface area (Å²) in [6.07, 6.45) is 0. The average Bonchev–Trinajstić information content (AvgIpc) is 2.60. The Labute approximate surface area is 142 Å². The van der Waals surface area contributed by atoms with Crippen LogP contribution in [0.25, 0.3) is 10.8 Å². The number of anilines is 3. The molecule has 0 aromatic heterocycles. The fourth-order valence-electron chi connectivity index (χ4n) is 2.60. The number of rotatable bonds is 5. The summed E-state index contributed by atoms with van der Waals surface area (Å²) in [6, 6.07) is 21.9. The number of hydrogen-bond donors (Lipinski definition) is 2. The van der Waals surface area contributed by atoms with Gasteiger partial charge in [-0.2, -0.15) is 0 Å². The number of nitrogens with zero attached hydrogens (tertiary/aromatic N) is 1. The van der Waals surface area contributed by atoms with Gasteiger partial charge < -0.3 is 15.5 Å².